The van der Waals surface area contributed by atoms with E-state index < -0.39 is 19.9 Å². The summed E-state index contributed by atoms with van der Waals surface area (Å²) in [5, 5.41) is 4.42. The van der Waals surface area contributed by atoms with E-state index in [0.29, 0.717) is 18.4 Å². The molecule has 2 N–H and O–H groups in total. The summed E-state index contributed by atoms with van der Waals surface area (Å²) in [6.07, 6.45) is 4.95. The van der Waals surface area contributed by atoms with Gasteiger partial charge in [-0.05, 0) is 73.9 Å². The van der Waals surface area contributed by atoms with Crippen molar-refractivity contribution in [1.82, 2.24) is 14.7 Å². The van der Waals surface area contributed by atoms with E-state index in [9.17, 15) is 16.8 Å². The van der Waals surface area contributed by atoms with Crippen LogP contribution in [0.15, 0.2) is 58.3 Å². The summed E-state index contributed by atoms with van der Waals surface area (Å²) in [5.41, 5.74) is 0.903. The highest BCUT2D eigenvalue weighted by atomic mass is 32.2. The zero-order chi connectivity index (χ0) is 25.9. The summed E-state index contributed by atoms with van der Waals surface area (Å²) in [6, 6.07) is 13.3. The molecule has 1 aromatic heterocycles. The Bertz CT molecular complexity index is 1420. The van der Waals surface area contributed by atoms with Gasteiger partial charge in [0.15, 0.2) is 9.84 Å². The van der Waals surface area contributed by atoms with Crippen LogP contribution in [0.2, 0.25) is 0 Å². The fourth-order valence-electron chi connectivity index (χ4n) is 4.53. The summed E-state index contributed by atoms with van der Waals surface area (Å²) < 4.78 is 51.2. The molecule has 1 fully saturated rings. The van der Waals surface area contributed by atoms with E-state index in [2.05, 4.69) is 15.0 Å². The number of para-hydroxylation sites is 1. The first kappa shape index (κ1) is 26.3. The minimum atomic E-state index is -3.69. The molecule has 0 atom stereocenters. The number of nitrogens with one attached hydrogen (secondary N) is 2. The maximum atomic E-state index is 12.6. The van der Waals surface area contributed by atoms with Gasteiger partial charge in [-0.1, -0.05) is 12.1 Å². The van der Waals surface area contributed by atoms with E-state index in [0.717, 1.165) is 55.2 Å². The Hall–Kier alpha value is -2.76. The van der Waals surface area contributed by atoms with Crippen LogP contribution in [-0.2, 0) is 19.9 Å². The summed E-state index contributed by atoms with van der Waals surface area (Å²) in [6.45, 7) is 1.15. The normalized spacial score (nSPS) is 18.8. The number of sulfonamides is 1. The van der Waals surface area contributed by atoms with Gasteiger partial charge in [0.25, 0.3) is 0 Å². The SMILES string of the molecule is CN(C)c1nc(NCC2CCC(CNS(=O)(=O)c3ccc(S(C)(=O)=O)cc3)CC2)nc2ccccc12. The molecule has 9 nitrogen and oxygen atoms in total. The Labute approximate surface area is 213 Å². The van der Waals surface area contributed by atoms with Crippen LogP contribution in [0, 0.1) is 11.8 Å². The maximum Gasteiger partial charge on any atom is 0.240 e. The average molecular weight is 532 g/mol. The van der Waals surface area contributed by atoms with Crippen LogP contribution in [0.4, 0.5) is 11.8 Å². The van der Waals surface area contributed by atoms with Crippen LogP contribution in [0.5, 0.6) is 0 Å². The molecule has 1 heterocycles. The molecule has 1 saturated carbocycles. The van der Waals surface area contributed by atoms with Gasteiger partial charge in [0, 0.05) is 38.8 Å². The molecular weight excluding hydrogens is 498 g/mol. The van der Waals surface area contributed by atoms with Crippen LogP contribution in [-0.4, -0.2) is 60.2 Å². The fourth-order valence-corrected chi connectivity index (χ4v) is 6.28. The number of hydrogen-bond donors (Lipinski definition) is 2. The standard InChI is InChI=1S/C25H33N5O4S2/c1-30(2)24-22-6-4-5-7-23(22)28-25(29-24)26-16-18-8-10-19(11-9-18)17-27-36(33,34)21-14-12-20(13-15-21)35(3,31)32/h4-7,12-15,18-19,27H,8-11,16-17H2,1-3H3,(H,26,28,29). The molecule has 0 radical (unpaired) electrons. The van der Waals surface area contributed by atoms with Crippen molar-refractivity contribution in [3.8, 4) is 0 Å². The van der Waals surface area contributed by atoms with Gasteiger partial charge in [-0.2, -0.15) is 4.98 Å². The van der Waals surface area contributed by atoms with Crippen LogP contribution in [0.25, 0.3) is 10.9 Å². The van der Waals surface area contributed by atoms with Crippen molar-refractivity contribution in [1.29, 1.82) is 0 Å². The number of rotatable bonds is 9. The van der Waals surface area contributed by atoms with Gasteiger partial charge in [0.1, 0.15) is 5.82 Å². The Kier molecular flexibility index (Phi) is 7.82. The van der Waals surface area contributed by atoms with Crippen molar-refractivity contribution < 1.29 is 16.8 Å². The first-order valence-electron chi connectivity index (χ1n) is 12.0. The number of aromatic nitrogens is 2. The first-order chi connectivity index (χ1) is 17.0. The van der Waals surface area contributed by atoms with Gasteiger partial charge in [0.2, 0.25) is 16.0 Å². The molecule has 0 saturated heterocycles. The van der Waals surface area contributed by atoms with Crippen molar-refractivity contribution in [2.24, 2.45) is 11.8 Å². The molecule has 3 aromatic rings. The van der Waals surface area contributed by atoms with E-state index in [1.165, 1.54) is 24.3 Å². The molecule has 0 aliphatic heterocycles. The summed E-state index contributed by atoms with van der Waals surface area (Å²) in [7, 11) is -3.12. The Morgan fingerprint density at radius 2 is 1.42 bits per heavy atom. The Morgan fingerprint density at radius 1 is 0.833 bits per heavy atom. The van der Waals surface area contributed by atoms with E-state index >= 15 is 0 Å². The van der Waals surface area contributed by atoms with Crippen molar-refractivity contribution >= 4 is 42.5 Å². The van der Waals surface area contributed by atoms with Crippen molar-refractivity contribution in [2.45, 2.75) is 35.5 Å². The predicted molar refractivity (Wildman–Crippen MR) is 143 cm³/mol. The van der Waals surface area contributed by atoms with Crippen LogP contribution >= 0.6 is 0 Å². The van der Waals surface area contributed by atoms with Gasteiger partial charge >= 0.3 is 0 Å². The third-order valence-corrected chi connectivity index (χ3v) is 9.21. The molecule has 11 heteroatoms. The van der Waals surface area contributed by atoms with Gasteiger partial charge in [-0.3, -0.25) is 0 Å². The van der Waals surface area contributed by atoms with Crippen molar-refractivity contribution in [2.75, 3.05) is 43.7 Å². The molecule has 2 aromatic carbocycles. The highest BCUT2D eigenvalue weighted by Gasteiger charge is 2.24. The third-order valence-electron chi connectivity index (χ3n) is 6.65. The number of benzene rings is 2. The summed E-state index contributed by atoms with van der Waals surface area (Å²) in [4.78, 5) is 11.5. The van der Waals surface area contributed by atoms with E-state index in [1.54, 1.807) is 0 Å². The summed E-state index contributed by atoms with van der Waals surface area (Å²) in [5.74, 6) is 2.24. The van der Waals surface area contributed by atoms with Gasteiger partial charge in [0.05, 0.1) is 15.3 Å². The highest BCUT2D eigenvalue weighted by molar-refractivity contribution is 7.90. The lowest BCUT2D eigenvalue weighted by atomic mass is 9.82. The lowest BCUT2D eigenvalue weighted by Gasteiger charge is -2.28. The van der Waals surface area contributed by atoms with Crippen molar-refractivity contribution in [3.63, 3.8) is 0 Å². The molecule has 1 aliphatic rings. The van der Waals surface area contributed by atoms with Gasteiger partial charge in [-0.15, -0.1) is 0 Å². The average Bonchev–Trinajstić information content (AvgIpc) is 2.86. The smallest absolute Gasteiger partial charge is 0.240 e. The molecule has 1 aliphatic carbocycles. The molecule has 4 rings (SSSR count). The minimum Gasteiger partial charge on any atom is -0.362 e. The largest absolute Gasteiger partial charge is 0.362 e. The zero-order valence-corrected chi connectivity index (χ0v) is 22.4. The monoisotopic (exact) mass is 531 g/mol. The third kappa shape index (κ3) is 6.32. The molecule has 0 unspecified atom stereocenters. The molecule has 194 valence electrons. The molecule has 36 heavy (non-hydrogen) atoms. The number of hydrogen-bond acceptors (Lipinski definition) is 8. The Balaban J connectivity index is 1.28. The second kappa shape index (κ2) is 10.7. The predicted octanol–water partition coefficient (Wildman–Crippen LogP) is 3.30. The van der Waals surface area contributed by atoms with E-state index in [1.807, 2.05) is 43.3 Å². The first-order valence-corrected chi connectivity index (χ1v) is 15.4. The Morgan fingerprint density at radius 3 is 2.03 bits per heavy atom. The maximum absolute atomic E-state index is 12.6. The lowest BCUT2D eigenvalue weighted by molar-refractivity contribution is 0.284. The number of fused-ring (bicyclic) bond motifs is 1. The molecule has 0 spiro atoms. The van der Waals surface area contributed by atoms with Crippen LogP contribution in [0.3, 0.4) is 0 Å². The molecular formula is C25H33N5O4S2. The lowest BCUT2D eigenvalue weighted by Crippen LogP contribution is -2.32. The van der Waals surface area contributed by atoms with Crippen LogP contribution < -0.4 is 14.9 Å². The van der Waals surface area contributed by atoms with Crippen LogP contribution in [0.1, 0.15) is 25.7 Å². The second-order valence-corrected chi connectivity index (χ2v) is 13.4. The fraction of sp³-hybridized carbons (Fsp3) is 0.440. The summed E-state index contributed by atoms with van der Waals surface area (Å²) >= 11 is 0. The topological polar surface area (TPSA) is 121 Å². The number of sulfone groups is 1. The molecule has 0 amide bonds. The van der Waals surface area contributed by atoms with E-state index in [4.69, 9.17) is 4.98 Å². The second-order valence-electron chi connectivity index (χ2n) is 9.65. The highest BCUT2D eigenvalue weighted by Crippen LogP contribution is 2.29. The molecule has 0 bridgehead atoms. The zero-order valence-electron chi connectivity index (χ0n) is 20.8. The quantitative estimate of drug-likeness (QED) is 0.431. The minimum absolute atomic E-state index is 0.0697. The van der Waals surface area contributed by atoms with Crippen molar-refractivity contribution in [3.05, 3.63) is 48.5 Å². The van der Waals surface area contributed by atoms with Gasteiger partial charge in [-0.25, -0.2) is 26.5 Å². The van der Waals surface area contributed by atoms with Gasteiger partial charge < -0.3 is 10.2 Å². The number of anilines is 2. The number of nitrogens with zero attached hydrogens (tertiary/aromatic N) is 3. The van der Waals surface area contributed by atoms with E-state index in [-0.39, 0.29) is 15.7 Å².